The van der Waals surface area contributed by atoms with Crippen molar-refractivity contribution in [1.29, 1.82) is 5.26 Å². The van der Waals surface area contributed by atoms with Crippen LogP contribution in [0.3, 0.4) is 0 Å². The van der Waals surface area contributed by atoms with Crippen molar-refractivity contribution in [3.05, 3.63) is 16.0 Å². The third-order valence-corrected chi connectivity index (χ3v) is 3.91. The van der Waals surface area contributed by atoms with Gasteiger partial charge in [-0.05, 0) is 26.3 Å². The molecule has 0 fully saturated rings. The molecular formula is C11H12F3N3OS. The lowest BCUT2D eigenvalue weighted by Gasteiger charge is -2.25. The van der Waals surface area contributed by atoms with E-state index in [9.17, 15) is 18.0 Å². The van der Waals surface area contributed by atoms with Crippen LogP contribution in [0.15, 0.2) is 0 Å². The first-order valence-corrected chi connectivity index (χ1v) is 6.01. The van der Waals surface area contributed by atoms with Gasteiger partial charge in [0, 0.05) is 4.88 Å². The number of aryl methyl sites for hydroxylation is 1. The number of nitriles is 1. The first-order chi connectivity index (χ1) is 8.52. The molecule has 1 rings (SSSR count). The number of halogens is 3. The van der Waals surface area contributed by atoms with E-state index < -0.39 is 17.6 Å². The van der Waals surface area contributed by atoms with E-state index in [1.165, 1.54) is 0 Å². The number of nitrogens with two attached hydrogens (primary N) is 1. The van der Waals surface area contributed by atoms with E-state index in [1.54, 1.807) is 13.8 Å². The summed E-state index contributed by atoms with van der Waals surface area (Å²) >= 11 is 1.04. The van der Waals surface area contributed by atoms with E-state index in [2.05, 4.69) is 5.32 Å². The van der Waals surface area contributed by atoms with Crippen LogP contribution in [0.5, 0.6) is 0 Å². The highest BCUT2D eigenvalue weighted by Crippen LogP contribution is 2.34. The van der Waals surface area contributed by atoms with Gasteiger partial charge in [0.15, 0.2) is 5.54 Å². The SMILES string of the molecule is Cc1sc(NC(=O)C(C)(N)C(F)(F)F)c(C#N)c1C. The molecule has 3 N–H and O–H groups in total. The highest BCUT2D eigenvalue weighted by atomic mass is 32.1. The van der Waals surface area contributed by atoms with Gasteiger partial charge < -0.3 is 11.1 Å². The van der Waals surface area contributed by atoms with Crippen molar-refractivity contribution in [3.63, 3.8) is 0 Å². The van der Waals surface area contributed by atoms with E-state index in [1.807, 2.05) is 6.07 Å². The van der Waals surface area contributed by atoms with Gasteiger partial charge in [-0.3, -0.25) is 4.79 Å². The number of hydrogen-bond acceptors (Lipinski definition) is 4. The molecule has 0 radical (unpaired) electrons. The molecule has 8 heteroatoms. The van der Waals surface area contributed by atoms with Gasteiger partial charge in [0.1, 0.15) is 11.1 Å². The minimum Gasteiger partial charge on any atom is -0.315 e. The summed E-state index contributed by atoms with van der Waals surface area (Å²) in [6.07, 6.45) is -4.87. The average molecular weight is 291 g/mol. The molecule has 4 nitrogen and oxygen atoms in total. The Bertz CT molecular complexity index is 555. The maximum absolute atomic E-state index is 12.6. The van der Waals surface area contributed by atoms with Crippen LogP contribution in [0.25, 0.3) is 0 Å². The topological polar surface area (TPSA) is 78.9 Å². The standard InChI is InChI=1S/C11H12F3N3OS/c1-5-6(2)19-8(7(5)4-15)17-9(18)10(3,16)11(12,13)14/h16H2,1-3H3,(H,17,18). The van der Waals surface area contributed by atoms with Crippen LogP contribution in [-0.2, 0) is 4.79 Å². The summed E-state index contributed by atoms with van der Waals surface area (Å²) in [6, 6.07) is 1.85. The fourth-order valence-corrected chi connectivity index (χ4v) is 2.22. The van der Waals surface area contributed by atoms with E-state index in [-0.39, 0.29) is 10.6 Å². The number of alkyl halides is 3. The highest BCUT2D eigenvalue weighted by molar-refractivity contribution is 7.16. The molecule has 0 saturated carbocycles. The average Bonchev–Trinajstić information content (AvgIpc) is 2.52. The van der Waals surface area contributed by atoms with Crippen molar-refractivity contribution in [3.8, 4) is 6.07 Å². The Morgan fingerprint density at radius 3 is 2.37 bits per heavy atom. The molecule has 19 heavy (non-hydrogen) atoms. The summed E-state index contributed by atoms with van der Waals surface area (Å²) in [5.74, 6) is -1.39. The molecular weight excluding hydrogens is 279 g/mol. The summed E-state index contributed by atoms with van der Waals surface area (Å²) in [5, 5.41) is 11.1. The molecule has 0 spiro atoms. The molecule has 1 aromatic rings. The van der Waals surface area contributed by atoms with Crippen molar-refractivity contribution in [2.75, 3.05) is 5.32 Å². The lowest BCUT2D eigenvalue weighted by molar-refractivity contribution is -0.184. The van der Waals surface area contributed by atoms with Gasteiger partial charge in [-0.15, -0.1) is 11.3 Å². The maximum atomic E-state index is 12.6. The first kappa shape index (κ1) is 15.5. The summed E-state index contributed by atoms with van der Waals surface area (Å²) < 4.78 is 37.8. The number of nitrogens with zero attached hydrogens (tertiary/aromatic N) is 1. The molecule has 0 aliphatic carbocycles. The van der Waals surface area contributed by atoms with Gasteiger partial charge in [-0.1, -0.05) is 0 Å². The van der Waals surface area contributed by atoms with Crippen LogP contribution < -0.4 is 11.1 Å². The Labute approximate surface area is 112 Å². The number of anilines is 1. The second-order valence-electron chi connectivity index (χ2n) is 4.25. The summed E-state index contributed by atoms with van der Waals surface area (Å²) in [7, 11) is 0. The van der Waals surface area contributed by atoms with E-state index in [0.717, 1.165) is 16.2 Å². The number of nitrogens with one attached hydrogen (secondary N) is 1. The van der Waals surface area contributed by atoms with E-state index in [4.69, 9.17) is 11.0 Å². The molecule has 0 bridgehead atoms. The van der Waals surface area contributed by atoms with Crippen LogP contribution in [0.1, 0.15) is 22.9 Å². The summed E-state index contributed by atoms with van der Waals surface area (Å²) in [4.78, 5) is 12.4. The second-order valence-corrected chi connectivity index (χ2v) is 5.48. The van der Waals surface area contributed by atoms with Gasteiger partial charge in [-0.2, -0.15) is 18.4 Å². The zero-order chi connectivity index (χ0) is 15.0. The number of amides is 1. The Morgan fingerprint density at radius 2 is 1.95 bits per heavy atom. The number of rotatable bonds is 2. The minimum atomic E-state index is -4.87. The first-order valence-electron chi connectivity index (χ1n) is 5.19. The fraction of sp³-hybridized carbons (Fsp3) is 0.455. The molecule has 0 aliphatic heterocycles. The van der Waals surface area contributed by atoms with Crippen LogP contribution in [0, 0.1) is 25.2 Å². The summed E-state index contributed by atoms with van der Waals surface area (Å²) in [5.41, 5.74) is 2.79. The Morgan fingerprint density at radius 1 is 1.42 bits per heavy atom. The summed E-state index contributed by atoms with van der Waals surface area (Å²) in [6.45, 7) is 3.95. The van der Waals surface area contributed by atoms with Crippen LogP contribution in [0.4, 0.5) is 18.2 Å². The molecule has 1 atom stereocenters. The molecule has 0 aliphatic rings. The van der Waals surface area contributed by atoms with Crippen molar-refractivity contribution >= 4 is 22.2 Å². The highest BCUT2D eigenvalue weighted by Gasteiger charge is 2.54. The quantitative estimate of drug-likeness (QED) is 0.878. The second kappa shape index (κ2) is 4.83. The smallest absolute Gasteiger partial charge is 0.315 e. The third kappa shape index (κ3) is 2.72. The largest absolute Gasteiger partial charge is 0.415 e. The fourth-order valence-electron chi connectivity index (χ4n) is 1.21. The molecule has 0 aromatic carbocycles. The van der Waals surface area contributed by atoms with Crippen molar-refractivity contribution in [1.82, 2.24) is 0 Å². The van der Waals surface area contributed by atoms with E-state index >= 15 is 0 Å². The Hall–Kier alpha value is -1.59. The maximum Gasteiger partial charge on any atom is 0.415 e. The monoisotopic (exact) mass is 291 g/mol. The van der Waals surface area contributed by atoms with Crippen LogP contribution in [-0.4, -0.2) is 17.6 Å². The molecule has 1 unspecified atom stereocenters. The molecule has 104 valence electrons. The normalized spacial score (nSPS) is 14.6. The predicted octanol–water partition coefficient (Wildman–Crippen LogP) is 2.45. The molecule has 1 amide bonds. The molecule has 1 aromatic heterocycles. The van der Waals surface area contributed by atoms with Gasteiger partial charge in [-0.25, -0.2) is 0 Å². The number of thiophene rings is 1. The van der Waals surface area contributed by atoms with Gasteiger partial charge >= 0.3 is 6.18 Å². The zero-order valence-corrected chi connectivity index (χ0v) is 11.3. The number of carbonyl (C=O) groups excluding carboxylic acids is 1. The lowest BCUT2D eigenvalue weighted by Crippen LogP contribution is -2.59. The van der Waals surface area contributed by atoms with Gasteiger partial charge in [0.2, 0.25) is 0 Å². The molecule has 0 saturated heterocycles. The minimum absolute atomic E-state index is 0.0865. The Balaban J connectivity index is 3.09. The van der Waals surface area contributed by atoms with Crippen LogP contribution >= 0.6 is 11.3 Å². The predicted molar refractivity (Wildman–Crippen MR) is 65.8 cm³/mol. The van der Waals surface area contributed by atoms with Crippen LogP contribution in [0.2, 0.25) is 0 Å². The Kier molecular flexibility index (Phi) is 3.93. The number of hydrogen-bond donors (Lipinski definition) is 2. The van der Waals surface area contributed by atoms with Gasteiger partial charge in [0.05, 0.1) is 5.56 Å². The van der Waals surface area contributed by atoms with Gasteiger partial charge in [0.25, 0.3) is 5.91 Å². The van der Waals surface area contributed by atoms with Crippen molar-refractivity contribution in [2.24, 2.45) is 5.73 Å². The number of carbonyl (C=O) groups is 1. The zero-order valence-electron chi connectivity index (χ0n) is 10.5. The molecule has 1 heterocycles. The third-order valence-electron chi connectivity index (χ3n) is 2.78. The van der Waals surface area contributed by atoms with E-state index in [0.29, 0.717) is 12.5 Å². The lowest BCUT2D eigenvalue weighted by atomic mass is 10.0. The van der Waals surface area contributed by atoms with Crippen molar-refractivity contribution in [2.45, 2.75) is 32.5 Å². The van der Waals surface area contributed by atoms with Crippen molar-refractivity contribution < 1.29 is 18.0 Å².